The molecule has 0 amide bonds. The maximum absolute atomic E-state index is 12.5. The summed E-state index contributed by atoms with van der Waals surface area (Å²) in [5.74, 6) is -0.568. The molecule has 0 unspecified atom stereocenters. The number of halogens is 3. The number of carbonyl (C=O) groups excluding carboxylic acids is 1. The van der Waals surface area contributed by atoms with Gasteiger partial charge in [-0.2, -0.15) is 0 Å². The highest BCUT2D eigenvalue weighted by atomic mass is 127. The molecule has 0 aliphatic heterocycles. The summed E-state index contributed by atoms with van der Waals surface area (Å²) in [6.07, 6.45) is -2.90. The molecule has 0 aromatic carbocycles. The van der Waals surface area contributed by atoms with Crippen LogP contribution in [0.4, 0.5) is 14.5 Å². The Kier molecular flexibility index (Phi) is 4.39. The Labute approximate surface area is 104 Å². The average molecular weight is 342 g/mol. The average Bonchev–Trinajstić information content (AvgIpc) is 2.23. The van der Waals surface area contributed by atoms with Crippen molar-refractivity contribution in [1.82, 2.24) is 4.98 Å². The lowest BCUT2D eigenvalue weighted by atomic mass is 10.2. The largest absolute Gasteiger partial charge is 0.469 e. The van der Waals surface area contributed by atoms with Gasteiger partial charge in [0.15, 0.2) is 0 Å². The molecule has 16 heavy (non-hydrogen) atoms. The van der Waals surface area contributed by atoms with Crippen LogP contribution in [0.5, 0.6) is 0 Å². The predicted molar refractivity (Wildman–Crippen MR) is 62.0 cm³/mol. The van der Waals surface area contributed by atoms with E-state index >= 15 is 0 Å². The fourth-order valence-electron chi connectivity index (χ4n) is 1.05. The van der Waals surface area contributed by atoms with E-state index in [1.54, 1.807) is 0 Å². The van der Waals surface area contributed by atoms with Gasteiger partial charge in [0.05, 0.1) is 24.9 Å². The first-order valence-electron chi connectivity index (χ1n) is 4.25. The lowest BCUT2D eigenvalue weighted by molar-refractivity contribution is -0.139. The van der Waals surface area contributed by atoms with Gasteiger partial charge in [0.25, 0.3) is 6.43 Å². The molecular formula is C9H9F2IN2O2. The second-order valence-electron chi connectivity index (χ2n) is 2.94. The topological polar surface area (TPSA) is 65.2 Å². The molecular weight excluding hydrogens is 333 g/mol. The van der Waals surface area contributed by atoms with Gasteiger partial charge >= 0.3 is 5.97 Å². The first-order valence-corrected chi connectivity index (χ1v) is 5.33. The second-order valence-corrected chi connectivity index (χ2v) is 4.11. The summed E-state index contributed by atoms with van der Waals surface area (Å²) in [5, 5.41) is 0. The van der Waals surface area contributed by atoms with Crippen LogP contribution in [0, 0.1) is 3.57 Å². The number of hydrogen-bond donors (Lipinski definition) is 1. The van der Waals surface area contributed by atoms with Gasteiger partial charge in [0.1, 0.15) is 5.69 Å². The summed E-state index contributed by atoms with van der Waals surface area (Å²) in [4.78, 5) is 14.7. The zero-order valence-corrected chi connectivity index (χ0v) is 10.5. The molecule has 1 aromatic heterocycles. The van der Waals surface area contributed by atoms with Gasteiger partial charge in [-0.25, -0.2) is 13.8 Å². The Morgan fingerprint density at radius 2 is 2.31 bits per heavy atom. The number of nitrogen functional groups attached to an aromatic ring is 1. The minimum absolute atomic E-state index is 0.119. The summed E-state index contributed by atoms with van der Waals surface area (Å²) in [6.45, 7) is 0. The van der Waals surface area contributed by atoms with E-state index < -0.39 is 18.1 Å². The molecule has 0 aliphatic rings. The number of nitrogens with zero attached hydrogens (tertiary/aromatic N) is 1. The van der Waals surface area contributed by atoms with Crippen molar-refractivity contribution in [1.29, 1.82) is 0 Å². The number of aromatic nitrogens is 1. The Morgan fingerprint density at radius 1 is 1.69 bits per heavy atom. The summed E-state index contributed by atoms with van der Waals surface area (Å²) < 4.78 is 29.8. The standard InChI is InChI=1S/C9H9F2IN2O2/c1-16-7(15)3-5-8(13)4(12)2-6(14-5)9(10)11/h2,9H,3,13H2,1H3. The maximum Gasteiger partial charge on any atom is 0.311 e. The first kappa shape index (κ1) is 13.1. The van der Waals surface area contributed by atoms with E-state index in [1.807, 2.05) is 22.6 Å². The highest BCUT2D eigenvalue weighted by molar-refractivity contribution is 14.1. The van der Waals surface area contributed by atoms with Crippen molar-refractivity contribution in [2.24, 2.45) is 0 Å². The highest BCUT2D eigenvalue weighted by Gasteiger charge is 2.16. The lowest BCUT2D eigenvalue weighted by Crippen LogP contribution is -2.11. The Balaban J connectivity index is 3.11. The molecule has 0 radical (unpaired) electrons. The van der Waals surface area contributed by atoms with Gasteiger partial charge in [-0.3, -0.25) is 4.79 Å². The SMILES string of the molecule is COC(=O)Cc1nc(C(F)F)cc(I)c1N. The molecule has 1 heterocycles. The van der Waals surface area contributed by atoms with Crippen LogP contribution in [0.2, 0.25) is 0 Å². The van der Waals surface area contributed by atoms with Crippen molar-refractivity contribution in [2.45, 2.75) is 12.8 Å². The lowest BCUT2D eigenvalue weighted by Gasteiger charge is -2.08. The molecule has 0 saturated heterocycles. The van der Waals surface area contributed by atoms with Crippen LogP contribution in [0.1, 0.15) is 17.8 Å². The molecule has 0 atom stereocenters. The molecule has 1 aromatic rings. The van der Waals surface area contributed by atoms with Gasteiger partial charge in [0.2, 0.25) is 0 Å². The molecule has 1 rings (SSSR count). The maximum atomic E-state index is 12.5. The molecule has 88 valence electrons. The first-order chi connectivity index (χ1) is 7.45. The minimum Gasteiger partial charge on any atom is -0.469 e. The molecule has 0 bridgehead atoms. The van der Waals surface area contributed by atoms with Crippen molar-refractivity contribution in [3.8, 4) is 0 Å². The number of nitrogens with two attached hydrogens (primary N) is 1. The Morgan fingerprint density at radius 3 is 2.81 bits per heavy atom. The smallest absolute Gasteiger partial charge is 0.311 e. The quantitative estimate of drug-likeness (QED) is 0.673. The van der Waals surface area contributed by atoms with Crippen molar-refractivity contribution >= 4 is 34.2 Å². The van der Waals surface area contributed by atoms with Crippen molar-refractivity contribution < 1.29 is 18.3 Å². The van der Waals surface area contributed by atoms with Crippen molar-refractivity contribution in [3.05, 3.63) is 21.0 Å². The number of hydrogen-bond acceptors (Lipinski definition) is 4. The van der Waals surface area contributed by atoms with Crippen LogP contribution in [-0.4, -0.2) is 18.1 Å². The molecule has 0 saturated carbocycles. The van der Waals surface area contributed by atoms with E-state index in [1.165, 1.54) is 13.2 Å². The normalized spacial score (nSPS) is 10.6. The second kappa shape index (κ2) is 5.37. The van der Waals surface area contributed by atoms with E-state index in [0.717, 1.165) is 0 Å². The summed E-state index contributed by atoms with van der Waals surface area (Å²) in [6, 6.07) is 1.20. The van der Waals surface area contributed by atoms with E-state index in [0.29, 0.717) is 3.57 Å². The van der Waals surface area contributed by atoms with Crippen LogP contribution >= 0.6 is 22.6 Å². The summed E-state index contributed by atoms with van der Waals surface area (Å²) >= 11 is 1.82. The van der Waals surface area contributed by atoms with Gasteiger partial charge in [0, 0.05) is 3.57 Å². The van der Waals surface area contributed by atoms with Crippen LogP contribution in [0.15, 0.2) is 6.07 Å². The van der Waals surface area contributed by atoms with Crippen LogP contribution in [-0.2, 0) is 16.0 Å². The van der Waals surface area contributed by atoms with Crippen LogP contribution < -0.4 is 5.73 Å². The highest BCUT2D eigenvalue weighted by Crippen LogP contribution is 2.25. The molecule has 0 fully saturated rings. The number of ether oxygens (including phenoxy) is 1. The van der Waals surface area contributed by atoms with Gasteiger partial charge in [-0.15, -0.1) is 0 Å². The fourth-order valence-corrected chi connectivity index (χ4v) is 1.68. The minimum atomic E-state index is -2.69. The molecule has 0 aliphatic carbocycles. The van der Waals surface area contributed by atoms with Crippen LogP contribution in [0.3, 0.4) is 0 Å². The van der Waals surface area contributed by atoms with E-state index in [4.69, 9.17) is 5.73 Å². The number of anilines is 1. The van der Waals surface area contributed by atoms with Crippen molar-refractivity contribution in [2.75, 3.05) is 12.8 Å². The predicted octanol–water partition coefficient (Wildman–Crippen LogP) is 1.92. The third-order valence-corrected chi connectivity index (χ3v) is 2.76. The third kappa shape index (κ3) is 3.00. The van der Waals surface area contributed by atoms with Gasteiger partial charge in [-0.05, 0) is 28.7 Å². The van der Waals surface area contributed by atoms with Gasteiger partial charge < -0.3 is 10.5 Å². The Bertz CT molecular complexity index is 413. The zero-order valence-electron chi connectivity index (χ0n) is 8.34. The molecule has 4 nitrogen and oxygen atoms in total. The zero-order chi connectivity index (χ0) is 12.3. The monoisotopic (exact) mass is 342 g/mol. The van der Waals surface area contributed by atoms with Crippen LogP contribution in [0.25, 0.3) is 0 Å². The number of pyridine rings is 1. The van der Waals surface area contributed by atoms with E-state index in [-0.39, 0.29) is 17.8 Å². The number of carbonyl (C=O) groups is 1. The van der Waals surface area contributed by atoms with Gasteiger partial charge in [-0.1, -0.05) is 0 Å². The third-order valence-electron chi connectivity index (χ3n) is 1.87. The summed E-state index contributed by atoms with van der Waals surface area (Å²) in [7, 11) is 1.21. The fraction of sp³-hybridized carbons (Fsp3) is 0.333. The molecule has 0 spiro atoms. The molecule has 2 N–H and O–H groups in total. The molecule has 7 heteroatoms. The van der Waals surface area contributed by atoms with Crippen molar-refractivity contribution in [3.63, 3.8) is 0 Å². The number of methoxy groups -OCH3 is 1. The number of esters is 1. The van der Waals surface area contributed by atoms with E-state index in [9.17, 15) is 13.6 Å². The number of alkyl halides is 2. The van der Waals surface area contributed by atoms with E-state index in [2.05, 4.69) is 9.72 Å². The Hall–Kier alpha value is -0.990. The summed E-state index contributed by atoms with van der Waals surface area (Å²) in [5.41, 5.74) is 5.59. The number of rotatable bonds is 3.